The molecule has 20 heavy (non-hydrogen) atoms. The molecule has 1 heterocycles. The molecule has 0 bridgehead atoms. The molecule has 2 fully saturated rings. The molecule has 1 saturated carbocycles. The molecule has 1 aromatic rings. The normalized spacial score (nSPS) is 26.9. The van der Waals surface area contributed by atoms with Crippen molar-refractivity contribution in [3.05, 3.63) is 35.4 Å². The average molecular weight is 272 g/mol. The monoisotopic (exact) mass is 272 g/mol. The van der Waals surface area contributed by atoms with Crippen molar-refractivity contribution >= 4 is 5.91 Å². The molecule has 3 rings (SSSR count). The number of rotatable bonds is 4. The maximum Gasteiger partial charge on any atom is 0.241 e. The second-order valence-electron chi connectivity index (χ2n) is 6.17. The Balaban J connectivity index is 1.86. The van der Waals surface area contributed by atoms with Gasteiger partial charge < -0.3 is 4.90 Å². The summed E-state index contributed by atoms with van der Waals surface area (Å²) >= 11 is 0. The van der Waals surface area contributed by atoms with Gasteiger partial charge in [-0.1, -0.05) is 37.6 Å². The molecular formula is C17H24N2O. The van der Waals surface area contributed by atoms with E-state index in [1.165, 1.54) is 30.4 Å². The molecule has 1 aromatic carbocycles. The summed E-state index contributed by atoms with van der Waals surface area (Å²) in [6, 6.07) is 8.38. The molecule has 1 aliphatic carbocycles. The third-order valence-electron chi connectivity index (χ3n) is 4.82. The fourth-order valence-electron chi connectivity index (χ4n) is 3.27. The Kier molecular flexibility index (Phi) is 3.79. The van der Waals surface area contributed by atoms with E-state index in [1.807, 2.05) is 0 Å². The SMILES string of the molecule is CCC1NC(c2ccccc2C)N(CC2CCC2)C1=O. The number of nitrogens with one attached hydrogen (secondary N) is 1. The van der Waals surface area contributed by atoms with Crippen molar-refractivity contribution in [3.8, 4) is 0 Å². The van der Waals surface area contributed by atoms with Gasteiger partial charge in [-0.2, -0.15) is 0 Å². The fraction of sp³-hybridized carbons (Fsp3) is 0.588. The second-order valence-corrected chi connectivity index (χ2v) is 6.17. The summed E-state index contributed by atoms with van der Waals surface area (Å²) in [4.78, 5) is 14.7. The molecular weight excluding hydrogens is 248 g/mol. The summed E-state index contributed by atoms with van der Waals surface area (Å²) < 4.78 is 0. The van der Waals surface area contributed by atoms with Gasteiger partial charge in [0.1, 0.15) is 6.17 Å². The molecule has 0 spiro atoms. The fourth-order valence-corrected chi connectivity index (χ4v) is 3.27. The van der Waals surface area contributed by atoms with Crippen LogP contribution < -0.4 is 5.32 Å². The van der Waals surface area contributed by atoms with E-state index >= 15 is 0 Å². The lowest BCUT2D eigenvalue weighted by molar-refractivity contribution is -0.131. The summed E-state index contributed by atoms with van der Waals surface area (Å²) in [5, 5.41) is 3.53. The van der Waals surface area contributed by atoms with Crippen LogP contribution in [0.15, 0.2) is 24.3 Å². The van der Waals surface area contributed by atoms with E-state index in [4.69, 9.17) is 0 Å². The number of aryl methyl sites for hydroxylation is 1. The minimum Gasteiger partial charge on any atom is -0.321 e. The van der Waals surface area contributed by atoms with E-state index in [0.29, 0.717) is 5.92 Å². The number of amides is 1. The van der Waals surface area contributed by atoms with Crippen LogP contribution in [-0.2, 0) is 4.79 Å². The number of carbonyl (C=O) groups is 1. The van der Waals surface area contributed by atoms with E-state index in [2.05, 4.69) is 48.3 Å². The van der Waals surface area contributed by atoms with Crippen molar-refractivity contribution in [1.82, 2.24) is 10.2 Å². The Morgan fingerprint density at radius 2 is 2.05 bits per heavy atom. The maximum absolute atomic E-state index is 12.6. The molecule has 1 aliphatic heterocycles. The Bertz CT molecular complexity index is 496. The molecule has 3 nitrogen and oxygen atoms in total. The molecule has 1 N–H and O–H groups in total. The maximum atomic E-state index is 12.6. The molecule has 0 radical (unpaired) electrons. The largest absolute Gasteiger partial charge is 0.321 e. The molecule has 3 heteroatoms. The van der Waals surface area contributed by atoms with E-state index < -0.39 is 0 Å². The topological polar surface area (TPSA) is 32.3 Å². The Morgan fingerprint density at radius 1 is 1.30 bits per heavy atom. The predicted octanol–water partition coefficient (Wildman–Crippen LogP) is 3.00. The Hall–Kier alpha value is -1.35. The van der Waals surface area contributed by atoms with Gasteiger partial charge in [0.15, 0.2) is 0 Å². The Morgan fingerprint density at radius 3 is 2.65 bits per heavy atom. The van der Waals surface area contributed by atoms with Crippen molar-refractivity contribution < 1.29 is 4.79 Å². The van der Waals surface area contributed by atoms with Crippen molar-refractivity contribution in [2.24, 2.45) is 5.92 Å². The second kappa shape index (κ2) is 5.57. The number of hydrogen-bond acceptors (Lipinski definition) is 2. The van der Waals surface area contributed by atoms with Crippen LogP contribution in [0.4, 0.5) is 0 Å². The van der Waals surface area contributed by atoms with Gasteiger partial charge in [-0.25, -0.2) is 0 Å². The predicted molar refractivity (Wildman–Crippen MR) is 80.2 cm³/mol. The summed E-state index contributed by atoms with van der Waals surface area (Å²) in [5.74, 6) is 0.996. The molecule has 2 aliphatic rings. The molecule has 1 amide bonds. The van der Waals surface area contributed by atoms with Crippen molar-refractivity contribution in [2.45, 2.75) is 51.7 Å². The number of nitrogens with zero attached hydrogens (tertiary/aromatic N) is 1. The highest BCUT2D eigenvalue weighted by Crippen LogP contribution is 2.34. The van der Waals surface area contributed by atoms with Crippen LogP contribution >= 0.6 is 0 Å². The van der Waals surface area contributed by atoms with Crippen LogP contribution in [0.5, 0.6) is 0 Å². The molecule has 2 atom stereocenters. The number of hydrogen-bond donors (Lipinski definition) is 1. The summed E-state index contributed by atoms with van der Waals surface area (Å²) in [7, 11) is 0. The van der Waals surface area contributed by atoms with E-state index in [0.717, 1.165) is 13.0 Å². The zero-order chi connectivity index (χ0) is 14.1. The third kappa shape index (κ3) is 2.35. The highest BCUT2D eigenvalue weighted by atomic mass is 16.2. The van der Waals surface area contributed by atoms with Crippen LogP contribution in [0.25, 0.3) is 0 Å². The smallest absolute Gasteiger partial charge is 0.241 e. The lowest BCUT2D eigenvalue weighted by Crippen LogP contribution is -2.37. The van der Waals surface area contributed by atoms with E-state index in [1.54, 1.807) is 0 Å². The van der Waals surface area contributed by atoms with Gasteiger partial charge in [-0.15, -0.1) is 0 Å². The van der Waals surface area contributed by atoms with Gasteiger partial charge in [0.2, 0.25) is 5.91 Å². The van der Waals surface area contributed by atoms with E-state index in [9.17, 15) is 4.79 Å². The first-order valence-electron chi connectivity index (χ1n) is 7.82. The first-order valence-corrected chi connectivity index (χ1v) is 7.82. The first-order chi connectivity index (χ1) is 9.70. The zero-order valence-electron chi connectivity index (χ0n) is 12.4. The Labute approximate surface area is 121 Å². The third-order valence-corrected chi connectivity index (χ3v) is 4.82. The van der Waals surface area contributed by atoms with Gasteiger partial charge >= 0.3 is 0 Å². The van der Waals surface area contributed by atoms with Crippen molar-refractivity contribution in [3.63, 3.8) is 0 Å². The molecule has 2 unspecified atom stereocenters. The van der Waals surface area contributed by atoms with Gasteiger partial charge in [-0.05, 0) is 43.2 Å². The van der Waals surface area contributed by atoms with Crippen molar-refractivity contribution in [1.29, 1.82) is 0 Å². The average Bonchev–Trinajstić information content (AvgIpc) is 2.71. The van der Waals surface area contributed by atoms with E-state index in [-0.39, 0.29) is 18.1 Å². The molecule has 1 saturated heterocycles. The van der Waals surface area contributed by atoms with Crippen LogP contribution in [0.1, 0.15) is 49.9 Å². The first kappa shape index (κ1) is 13.6. The molecule has 108 valence electrons. The highest BCUT2D eigenvalue weighted by Gasteiger charge is 2.40. The number of carbonyl (C=O) groups excluding carboxylic acids is 1. The standard InChI is InChI=1S/C17H24N2O/c1-3-15-17(20)19(11-13-8-6-9-13)16(18-15)14-10-5-4-7-12(14)2/h4-5,7,10,13,15-16,18H,3,6,8-9,11H2,1-2H3. The quantitative estimate of drug-likeness (QED) is 0.914. The van der Waals surface area contributed by atoms with Crippen LogP contribution in [0, 0.1) is 12.8 Å². The lowest BCUT2D eigenvalue weighted by Gasteiger charge is -2.33. The van der Waals surface area contributed by atoms with Gasteiger partial charge in [-0.3, -0.25) is 10.1 Å². The summed E-state index contributed by atoms with van der Waals surface area (Å²) in [6.45, 7) is 5.13. The highest BCUT2D eigenvalue weighted by molar-refractivity contribution is 5.84. The lowest BCUT2D eigenvalue weighted by atomic mass is 9.85. The van der Waals surface area contributed by atoms with Crippen molar-refractivity contribution in [2.75, 3.05) is 6.54 Å². The van der Waals surface area contributed by atoms with Gasteiger partial charge in [0.05, 0.1) is 6.04 Å². The molecule has 0 aromatic heterocycles. The summed E-state index contributed by atoms with van der Waals surface area (Å²) in [5.41, 5.74) is 2.50. The van der Waals surface area contributed by atoms with Gasteiger partial charge in [0, 0.05) is 6.54 Å². The zero-order valence-corrected chi connectivity index (χ0v) is 12.4. The van der Waals surface area contributed by atoms with Crippen LogP contribution in [0.3, 0.4) is 0 Å². The minimum atomic E-state index is -0.0142. The summed E-state index contributed by atoms with van der Waals surface area (Å²) in [6.07, 6.45) is 4.81. The minimum absolute atomic E-state index is 0.0142. The van der Waals surface area contributed by atoms with Crippen LogP contribution in [-0.4, -0.2) is 23.4 Å². The van der Waals surface area contributed by atoms with Gasteiger partial charge in [0.25, 0.3) is 0 Å². The van der Waals surface area contributed by atoms with Crippen LogP contribution in [0.2, 0.25) is 0 Å². The number of benzene rings is 1.